The largest absolute Gasteiger partial charge is 0.360 e. The summed E-state index contributed by atoms with van der Waals surface area (Å²) < 4.78 is 0. The van der Waals surface area contributed by atoms with Gasteiger partial charge in [0.1, 0.15) is 0 Å². The number of fused-ring (bicyclic) bond motifs is 1. The normalized spacial score (nSPS) is 10.3. The van der Waals surface area contributed by atoms with E-state index in [0.29, 0.717) is 11.1 Å². The number of rotatable bonds is 2. The smallest absolute Gasteiger partial charge is 0.271 e. The van der Waals surface area contributed by atoms with E-state index in [1.165, 1.54) is 6.20 Å². The highest BCUT2D eigenvalue weighted by atomic mass is 16.2. The number of hydrazine groups is 1. The number of para-hydroxylation sites is 1. The Morgan fingerprint density at radius 1 is 1.00 bits per heavy atom. The van der Waals surface area contributed by atoms with Crippen molar-refractivity contribution in [3.8, 4) is 0 Å². The monoisotopic (exact) mass is 280 g/mol. The van der Waals surface area contributed by atoms with E-state index in [2.05, 4.69) is 20.8 Å². The fourth-order valence-electron chi connectivity index (χ4n) is 2.01. The minimum atomic E-state index is -0.420. The van der Waals surface area contributed by atoms with Crippen molar-refractivity contribution < 1.29 is 9.59 Å². The van der Waals surface area contributed by atoms with E-state index in [4.69, 9.17) is 0 Å². The number of benzene rings is 1. The van der Waals surface area contributed by atoms with Gasteiger partial charge in [-0.05, 0) is 18.2 Å². The molecule has 0 atom stereocenters. The van der Waals surface area contributed by atoms with Crippen LogP contribution in [0.15, 0.2) is 55.0 Å². The molecule has 1 aromatic carbocycles. The molecule has 0 unspecified atom stereocenters. The SMILES string of the molecule is O=C(NNC(=O)c1c[nH]c2ccccc12)c1cccnc1. The molecule has 0 spiro atoms. The molecule has 6 nitrogen and oxygen atoms in total. The minimum absolute atomic E-state index is 0.372. The van der Waals surface area contributed by atoms with Crippen LogP contribution in [0.3, 0.4) is 0 Å². The van der Waals surface area contributed by atoms with Crippen LogP contribution in [0, 0.1) is 0 Å². The molecule has 0 aliphatic carbocycles. The number of amides is 2. The van der Waals surface area contributed by atoms with Crippen LogP contribution >= 0.6 is 0 Å². The number of nitrogens with one attached hydrogen (secondary N) is 3. The lowest BCUT2D eigenvalue weighted by Crippen LogP contribution is -2.41. The van der Waals surface area contributed by atoms with Crippen LogP contribution in [0.1, 0.15) is 20.7 Å². The van der Waals surface area contributed by atoms with Gasteiger partial charge in [-0.15, -0.1) is 0 Å². The molecule has 0 bridgehead atoms. The minimum Gasteiger partial charge on any atom is -0.360 e. The summed E-state index contributed by atoms with van der Waals surface area (Å²) in [5, 5.41) is 0.797. The van der Waals surface area contributed by atoms with Crippen molar-refractivity contribution >= 4 is 22.7 Å². The maximum Gasteiger partial charge on any atom is 0.271 e. The Balaban J connectivity index is 1.71. The third-order valence-electron chi connectivity index (χ3n) is 3.05. The zero-order valence-corrected chi connectivity index (χ0v) is 11.0. The molecule has 2 heterocycles. The average molecular weight is 280 g/mol. The van der Waals surface area contributed by atoms with E-state index in [1.807, 2.05) is 24.3 Å². The van der Waals surface area contributed by atoms with Gasteiger partial charge in [-0.2, -0.15) is 0 Å². The summed E-state index contributed by atoms with van der Waals surface area (Å²) in [6, 6.07) is 10.7. The second kappa shape index (κ2) is 5.46. The molecule has 2 amide bonds. The zero-order chi connectivity index (χ0) is 14.7. The number of hydrogen-bond acceptors (Lipinski definition) is 3. The van der Waals surface area contributed by atoms with Crippen molar-refractivity contribution in [2.45, 2.75) is 0 Å². The highest BCUT2D eigenvalue weighted by Crippen LogP contribution is 2.17. The molecule has 3 N–H and O–H groups in total. The third kappa shape index (κ3) is 2.59. The summed E-state index contributed by atoms with van der Waals surface area (Å²) in [6.45, 7) is 0. The quantitative estimate of drug-likeness (QED) is 0.624. The summed E-state index contributed by atoms with van der Waals surface area (Å²) in [7, 11) is 0. The molecule has 0 aliphatic rings. The number of pyridine rings is 1. The molecular formula is C15H12N4O2. The lowest BCUT2D eigenvalue weighted by molar-refractivity contribution is 0.0847. The maximum atomic E-state index is 12.1. The summed E-state index contributed by atoms with van der Waals surface area (Å²) in [5.74, 6) is -0.805. The van der Waals surface area contributed by atoms with E-state index < -0.39 is 5.91 Å². The van der Waals surface area contributed by atoms with Gasteiger partial charge in [0.25, 0.3) is 11.8 Å². The van der Waals surface area contributed by atoms with Gasteiger partial charge >= 0.3 is 0 Å². The second-order valence-electron chi connectivity index (χ2n) is 4.40. The second-order valence-corrected chi connectivity index (χ2v) is 4.40. The van der Waals surface area contributed by atoms with E-state index in [1.54, 1.807) is 24.5 Å². The number of aromatic nitrogens is 2. The van der Waals surface area contributed by atoms with Crippen molar-refractivity contribution in [2.75, 3.05) is 0 Å². The highest BCUT2D eigenvalue weighted by Gasteiger charge is 2.12. The van der Waals surface area contributed by atoms with Gasteiger partial charge in [0.2, 0.25) is 0 Å². The van der Waals surface area contributed by atoms with E-state index >= 15 is 0 Å². The standard InChI is InChI=1S/C15H12N4O2/c20-14(10-4-3-7-16-8-10)18-19-15(21)12-9-17-13-6-2-1-5-11(12)13/h1-9,17H,(H,18,20)(H,19,21). The maximum absolute atomic E-state index is 12.1. The molecule has 2 aromatic heterocycles. The summed E-state index contributed by atoms with van der Waals surface area (Å²) in [6.07, 6.45) is 4.60. The van der Waals surface area contributed by atoms with Gasteiger partial charge in [-0.1, -0.05) is 18.2 Å². The van der Waals surface area contributed by atoms with Gasteiger partial charge in [0.15, 0.2) is 0 Å². The van der Waals surface area contributed by atoms with Crippen LogP contribution in [-0.4, -0.2) is 21.8 Å². The molecule has 104 valence electrons. The lowest BCUT2D eigenvalue weighted by atomic mass is 10.2. The molecule has 0 radical (unpaired) electrons. The fourth-order valence-corrected chi connectivity index (χ4v) is 2.01. The average Bonchev–Trinajstić information content (AvgIpc) is 2.97. The molecule has 0 saturated heterocycles. The van der Waals surface area contributed by atoms with E-state index in [9.17, 15) is 9.59 Å². The number of nitrogens with zero attached hydrogens (tertiary/aromatic N) is 1. The molecule has 6 heteroatoms. The van der Waals surface area contributed by atoms with E-state index in [0.717, 1.165) is 10.9 Å². The number of hydrogen-bond donors (Lipinski definition) is 3. The van der Waals surface area contributed by atoms with Gasteiger partial charge in [-0.25, -0.2) is 0 Å². The molecule has 3 aromatic rings. The predicted octanol–water partition coefficient (Wildman–Crippen LogP) is 1.64. The van der Waals surface area contributed by atoms with Crippen LogP contribution < -0.4 is 10.9 Å². The predicted molar refractivity (Wildman–Crippen MR) is 77.5 cm³/mol. The van der Waals surface area contributed by atoms with Crippen molar-refractivity contribution in [3.05, 3.63) is 66.1 Å². The first-order chi connectivity index (χ1) is 10.3. The number of aromatic amines is 1. The first-order valence-corrected chi connectivity index (χ1v) is 6.32. The topological polar surface area (TPSA) is 86.9 Å². The van der Waals surface area contributed by atoms with Gasteiger partial charge in [0, 0.05) is 29.5 Å². The molecular weight excluding hydrogens is 268 g/mol. The van der Waals surface area contributed by atoms with Crippen LogP contribution in [0.2, 0.25) is 0 Å². The highest BCUT2D eigenvalue weighted by molar-refractivity contribution is 6.07. The Morgan fingerprint density at radius 2 is 1.81 bits per heavy atom. The Labute approximate surface area is 120 Å². The molecule has 0 aliphatic heterocycles. The number of carbonyl (C=O) groups is 2. The summed E-state index contributed by atoms with van der Waals surface area (Å²) in [4.78, 5) is 30.8. The first-order valence-electron chi connectivity index (χ1n) is 6.32. The molecule has 3 rings (SSSR count). The number of carbonyl (C=O) groups excluding carboxylic acids is 2. The van der Waals surface area contributed by atoms with Crippen LogP contribution in [0.25, 0.3) is 10.9 Å². The van der Waals surface area contributed by atoms with Crippen LogP contribution in [0.5, 0.6) is 0 Å². The zero-order valence-electron chi connectivity index (χ0n) is 11.0. The number of H-pyrrole nitrogens is 1. The van der Waals surface area contributed by atoms with Gasteiger partial charge in [0.05, 0.1) is 11.1 Å². The van der Waals surface area contributed by atoms with Gasteiger partial charge in [-0.3, -0.25) is 25.4 Å². The van der Waals surface area contributed by atoms with Crippen molar-refractivity contribution in [3.63, 3.8) is 0 Å². The Morgan fingerprint density at radius 3 is 2.62 bits per heavy atom. The van der Waals surface area contributed by atoms with E-state index in [-0.39, 0.29) is 5.91 Å². The van der Waals surface area contributed by atoms with Crippen LogP contribution in [0.4, 0.5) is 0 Å². The summed E-state index contributed by atoms with van der Waals surface area (Å²) in [5.41, 5.74) is 6.45. The fraction of sp³-hybridized carbons (Fsp3) is 0. The van der Waals surface area contributed by atoms with Crippen molar-refractivity contribution in [1.82, 2.24) is 20.8 Å². The molecule has 0 saturated carbocycles. The Kier molecular flexibility index (Phi) is 3.34. The van der Waals surface area contributed by atoms with Crippen molar-refractivity contribution in [1.29, 1.82) is 0 Å². The third-order valence-corrected chi connectivity index (χ3v) is 3.05. The summed E-state index contributed by atoms with van der Waals surface area (Å²) >= 11 is 0. The Bertz CT molecular complexity index is 796. The van der Waals surface area contributed by atoms with Crippen LogP contribution in [-0.2, 0) is 0 Å². The lowest BCUT2D eigenvalue weighted by Gasteiger charge is -2.06. The molecule has 0 fully saturated rings. The molecule has 21 heavy (non-hydrogen) atoms. The first kappa shape index (κ1) is 12.9. The van der Waals surface area contributed by atoms with Crippen molar-refractivity contribution in [2.24, 2.45) is 0 Å². The van der Waals surface area contributed by atoms with Gasteiger partial charge < -0.3 is 4.98 Å². The Hall–Kier alpha value is -3.15.